The van der Waals surface area contributed by atoms with Crippen LogP contribution < -0.4 is 5.43 Å². The first-order valence-corrected chi connectivity index (χ1v) is 8.86. The highest BCUT2D eigenvalue weighted by Gasteiger charge is 2.26. The fraction of sp³-hybridized carbons (Fsp3) is 0.273. The van der Waals surface area contributed by atoms with Crippen LogP contribution in [-0.4, -0.2) is 30.5 Å². The number of esters is 1. The number of ether oxygens (including phenoxy) is 1. The molecule has 1 amide bonds. The van der Waals surface area contributed by atoms with Gasteiger partial charge in [0.1, 0.15) is 5.78 Å². The first-order chi connectivity index (χ1) is 13.2. The molecule has 0 aliphatic carbocycles. The number of hydrazone groups is 1. The number of hydrogen-bond acceptors (Lipinski definition) is 5. The van der Waals surface area contributed by atoms with E-state index in [2.05, 4.69) is 15.3 Å². The molecule has 2 rings (SSSR count). The zero-order chi connectivity index (χ0) is 20.7. The SMILES string of the molecule is COC(=O)/C(CC(=O)C(C)(C)C)=N/NC(=O)c1ccc(-c2ccccc2)cc1. The summed E-state index contributed by atoms with van der Waals surface area (Å²) in [6.45, 7) is 5.24. The summed E-state index contributed by atoms with van der Waals surface area (Å²) in [5.74, 6) is -1.42. The van der Waals surface area contributed by atoms with Gasteiger partial charge >= 0.3 is 5.97 Å². The smallest absolute Gasteiger partial charge is 0.354 e. The largest absolute Gasteiger partial charge is 0.464 e. The molecule has 0 unspecified atom stereocenters. The molecule has 146 valence electrons. The third kappa shape index (κ3) is 5.61. The summed E-state index contributed by atoms with van der Waals surface area (Å²) >= 11 is 0. The molecule has 0 radical (unpaired) electrons. The lowest BCUT2D eigenvalue weighted by Crippen LogP contribution is -2.30. The fourth-order valence-corrected chi connectivity index (χ4v) is 2.32. The Bertz CT molecular complexity index is 879. The van der Waals surface area contributed by atoms with E-state index in [4.69, 9.17) is 0 Å². The van der Waals surface area contributed by atoms with Crippen LogP contribution in [0, 0.1) is 5.41 Å². The molecular weight excluding hydrogens is 356 g/mol. The maximum absolute atomic E-state index is 12.3. The quantitative estimate of drug-likeness (QED) is 0.471. The number of amides is 1. The third-order valence-corrected chi connectivity index (χ3v) is 4.13. The summed E-state index contributed by atoms with van der Waals surface area (Å²) in [5, 5.41) is 3.83. The van der Waals surface area contributed by atoms with Gasteiger partial charge < -0.3 is 4.74 Å². The van der Waals surface area contributed by atoms with E-state index >= 15 is 0 Å². The molecule has 0 heterocycles. The second kappa shape index (κ2) is 9.08. The minimum absolute atomic E-state index is 0.142. The third-order valence-electron chi connectivity index (χ3n) is 4.13. The predicted molar refractivity (Wildman–Crippen MR) is 108 cm³/mol. The molecule has 0 atom stereocenters. The Morgan fingerprint density at radius 3 is 2.04 bits per heavy atom. The molecule has 0 aromatic heterocycles. The van der Waals surface area contributed by atoms with Gasteiger partial charge in [-0.05, 0) is 23.3 Å². The molecule has 0 bridgehead atoms. The summed E-state index contributed by atoms with van der Waals surface area (Å²) in [5.41, 5.74) is 3.96. The van der Waals surface area contributed by atoms with Crippen molar-refractivity contribution in [1.29, 1.82) is 0 Å². The molecule has 28 heavy (non-hydrogen) atoms. The van der Waals surface area contributed by atoms with Crippen molar-refractivity contribution in [2.45, 2.75) is 27.2 Å². The maximum atomic E-state index is 12.3. The van der Waals surface area contributed by atoms with E-state index < -0.39 is 17.3 Å². The molecule has 0 fully saturated rings. The Hall–Kier alpha value is -3.28. The number of rotatable bonds is 6. The van der Waals surface area contributed by atoms with Gasteiger partial charge in [-0.1, -0.05) is 63.2 Å². The predicted octanol–water partition coefficient (Wildman–Crippen LogP) is 3.62. The topological polar surface area (TPSA) is 84.8 Å². The van der Waals surface area contributed by atoms with E-state index in [-0.39, 0.29) is 17.9 Å². The molecule has 0 aliphatic heterocycles. The Kier molecular flexibility index (Phi) is 6.82. The van der Waals surface area contributed by atoms with Gasteiger partial charge in [-0.2, -0.15) is 5.10 Å². The molecule has 0 saturated carbocycles. The van der Waals surface area contributed by atoms with Crippen molar-refractivity contribution in [3.05, 3.63) is 60.2 Å². The van der Waals surface area contributed by atoms with Crippen molar-refractivity contribution in [2.24, 2.45) is 10.5 Å². The number of benzene rings is 2. The summed E-state index contributed by atoms with van der Waals surface area (Å²) in [6, 6.07) is 16.8. The van der Waals surface area contributed by atoms with E-state index in [0.717, 1.165) is 11.1 Å². The first kappa shape index (κ1) is 21.0. The first-order valence-electron chi connectivity index (χ1n) is 8.86. The normalized spacial score (nSPS) is 11.6. The maximum Gasteiger partial charge on any atom is 0.354 e. The van der Waals surface area contributed by atoms with Crippen LogP contribution in [0.4, 0.5) is 0 Å². The van der Waals surface area contributed by atoms with Crippen LogP contribution in [-0.2, 0) is 14.3 Å². The minimum Gasteiger partial charge on any atom is -0.464 e. The van der Waals surface area contributed by atoms with Crippen LogP contribution in [0.15, 0.2) is 59.7 Å². The van der Waals surface area contributed by atoms with Gasteiger partial charge in [0, 0.05) is 11.0 Å². The molecule has 0 saturated heterocycles. The van der Waals surface area contributed by atoms with Crippen LogP contribution in [0.2, 0.25) is 0 Å². The number of ketones is 1. The van der Waals surface area contributed by atoms with Crippen LogP contribution in [0.1, 0.15) is 37.6 Å². The summed E-state index contributed by atoms with van der Waals surface area (Å²) in [6.07, 6.45) is -0.219. The molecule has 1 N–H and O–H groups in total. The number of methoxy groups -OCH3 is 1. The van der Waals surface area contributed by atoms with Gasteiger partial charge in [-0.25, -0.2) is 10.2 Å². The van der Waals surface area contributed by atoms with Crippen molar-refractivity contribution >= 4 is 23.4 Å². The highest BCUT2D eigenvalue weighted by atomic mass is 16.5. The fourth-order valence-electron chi connectivity index (χ4n) is 2.32. The standard InChI is InChI=1S/C22H24N2O4/c1-22(2,3)19(25)14-18(21(27)28-4)23-24-20(26)17-12-10-16(11-13-17)15-8-6-5-7-9-15/h5-13H,14H2,1-4H3,(H,24,26)/b23-18+. The van der Waals surface area contributed by atoms with Crippen molar-refractivity contribution in [3.8, 4) is 11.1 Å². The Balaban J connectivity index is 2.12. The number of nitrogens with one attached hydrogen (secondary N) is 1. The van der Waals surface area contributed by atoms with Gasteiger partial charge in [-0.3, -0.25) is 9.59 Å². The summed E-state index contributed by atoms with van der Waals surface area (Å²) < 4.78 is 4.66. The van der Waals surface area contributed by atoms with Crippen LogP contribution in [0.25, 0.3) is 11.1 Å². The lowest BCUT2D eigenvalue weighted by atomic mass is 9.88. The van der Waals surface area contributed by atoms with Gasteiger partial charge in [0.05, 0.1) is 13.5 Å². The summed E-state index contributed by atoms with van der Waals surface area (Å²) in [4.78, 5) is 36.4. The zero-order valence-electron chi connectivity index (χ0n) is 16.5. The second-order valence-corrected chi connectivity index (χ2v) is 7.28. The van der Waals surface area contributed by atoms with Crippen molar-refractivity contribution in [3.63, 3.8) is 0 Å². The van der Waals surface area contributed by atoms with E-state index in [1.165, 1.54) is 7.11 Å². The summed E-state index contributed by atoms with van der Waals surface area (Å²) in [7, 11) is 1.20. The minimum atomic E-state index is -0.752. The number of nitrogens with zero attached hydrogens (tertiary/aromatic N) is 1. The number of carbonyl (C=O) groups excluding carboxylic acids is 3. The monoisotopic (exact) mass is 380 g/mol. The average Bonchev–Trinajstić information content (AvgIpc) is 2.70. The highest BCUT2D eigenvalue weighted by molar-refractivity contribution is 6.40. The van der Waals surface area contributed by atoms with E-state index in [9.17, 15) is 14.4 Å². The zero-order valence-corrected chi connectivity index (χ0v) is 16.5. The Morgan fingerprint density at radius 2 is 1.50 bits per heavy atom. The van der Waals surface area contributed by atoms with Gasteiger partial charge in [0.25, 0.3) is 5.91 Å². The highest BCUT2D eigenvalue weighted by Crippen LogP contribution is 2.19. The van der Waals surface area contributed by atoms with Crippen molar-refractivity contribution < 1.29 is 19.1 Å². The van der Waals surface area contributed by atoms with Crippen molar-refractivity contribution in [2.75, 3.05) is 7.11 Å². The van der Waals surface area contributed by atoms with Gasteiger partial charge in [-0.15, -0.1) is 0 Å². The van der Waals surface area contributed by atoms with Crippen LogP contribution in [0.3, 0.4) is 0 Å². The Labute approximate surface area is 164 Å². The lowest BCUT2D eigenvalue weighted by Gasteiger charge is -2.16. The Morgan fingerprint density at radius 1 is 0.929 bits per heavy atom. The number of hydrogen-bond donors (Lipinski definition) is 1. The molecule has 6 heteroatoms. The average molecular weight is 380 g/mol. The lowest BCUT2D eigenvalue weighted by molar-refractivity contribution is -0.134. The van der Waals surface area contributed by atoms with E-state index in [0.29, 0.717) is 5.56 Å². The van der Waals surface area contributed by atoms with E-state index in [1.807, 2.05) is 42.5 Å². The van der Waals surface area contributed by atoms with Crippen molar-refractivity contribution in [1.82, 2.24) is 5.43 Å². The van der Waals surface area contributed by atoms with E-state index in [1.54, 1.807) is 32.9 Å². The van der Waals surface area contributed by atoms with Gasteiger partial charge in [0.2, 0.25) is 0 Å². The molecule has 0 spiro atoms. The number of Topliss-reactive ketones (excluding diaryl/α,β-unsaturated/α-hetero) is 1. The molecule has 6 nitrogen and oxygen atoms in total. The van der Waals surface area contributed by atoms with Gasteiger partial charge in [0.15, 0.2) is 5.71 Å². The molecule has 0 aliphatic rings. The van der Waals surface area contributed by atoms with Crippen LogP contribution in [0.5, 0.6) is 0 Å². The molecule has 2 aromatic carbocycles. The van der Waals surface area contributed by atoms with Crippen LogP contribution >= 0.6 is 0 Å². The molecule has 2 aromatic rings. The number of carbonyl (C=O) groups is 3. The molecular formula is C22H24N2O4. The second-order valence-electron chi connectivity index (χ2n) is 7.28.